The van der Waals surface area contributed by atoms with E-state index >= 15 is 0 Å². The number of para-hydroxylation sites is 1. The average molecular weight is 317 g/mol. The molecule has 1 heterocycles. The maximum atomic E-state index is 10.1. The number of aliphatic hydroxyl groups is 1. The van der Waals surface area contributed by atoms with Crippen LogP contribution in [0.25, 0.3) is 11.0 Å². The number of rotatable bonds is 5. The predicted molar refractivity (Wildman–Crippen MR) is 92.1 cm³/mol. The van der Waals surface area contributed by atoms with Crippen LogP contribution in [0.15, 0.2) is 22.6 Å². The van der Waals surface area contributed by atoms with Gasteiger partial charge in [0.25, 0.3) is 0 Å². The lowest BCUT2D eigenvalue weighted by molar-refractivity contribution is 0.100. The van der Waals surface area contributed by atoms with E-state index in [-0.39, 0.29) is 12.1 Å². The van der Waals surface area contributed by atoms with Crippen molar-refractivity contribution in [2.45, 2.75) is 58.1 Å². The van der Waals surface area contributed by atoms with E-state index in [0.717, 1.165) is 29.9 Å². The van der Waals surface area contributed by atoms with Crippen LogP contribution >= 0.6 is 0 Å². The first kappa shape index (κ1) is 16.3. The fraction of sp³-hybridized carbons (Fsp3) is 0.579. The number of hydrogen-bond donors (Lipinski definition) is 2. The van der Waals surface area contributed by atoms with Gasteiger partial charge in [0.2, 0.25) is 0 Å². The zero-order valence-electron chi connectivity index (χ0n) is 14.3. The molecule has 1 aliphatic carbocycles. The molecule has 0 aliphatic heterocycles. The van der Waals surface area contributed by atoms with Gasteiger partial charge < -0.3 is 19.6 Å². The van der Waals surface area contributed by atoms with Crippen LogP contribution in [-0.4, -0.2) is 29.9 Å². The number of aliphatic hydroxyl groups excluding tert-OH is 1. The summed E-state index contributed by atoms with van der Waals surface area (Å²) in [6.07, 6.45) is 3.98. The van der Waals surface area contributed by atoms with Crippen LogP contribution in [0.4, 0.5) is 0 Å². The van der Waals surface area contributed by atoms with Gasteiger partial charge in [0.1, 0.15) is 18.5 Å². The second-order valence-electron chi connectivity index (χ2n) is 7.44. The number of furan rings is 1. The van der Waals surface area contributed by atoms with Crippen molar-refractivity contribution in [3.8, 4) is 5.75 Å². The maximum Gasteiger partial charge on any atom is 0.176 e. The molecule has 0 saturated heterocycles. The molecule has 0 radical (unpaired) electrons. The summed E-state index contributed by atoms with van der Waals surface area (Å²) in [6.45, 7) is 7.00. The molecule has 23 heavy (non-hydrogen) atoms. The zero-order chi connectivity index (χ0) is 16.4. The van der Waals surface area contributed by atoms with Crippen molar-refractivity contribution in [1.82, 2.24) is 5.32 Å². The third kappa shape index (κ3) is 3.88. The number of benzene rings is 1. The van der Waals surface area contributed by atoms with Gasteiger partial charge in [-0.2, -0.15) is 0 Å². The lowest BCUT2D eigenvalue weighted by Gasteiger charge is -2.22. The summed E-state index contributed by atoms with van der Waals surface area (Å²) in [4.78, 5) is 0. The Labute approximate surface area is 137 Å². The number of hydrogen-bond acceptors (Lipinski definition) is 4. The Kier molecular flexibility index (Phi) is 4.64. The highest BCUT2D eigenvalue weighted by atomic mass is 16.5. The summed E-state index contributed by atoms with van der Waals surface area (Å²) in [7, 11) is 0. The molecule has 0 spiro atoms. The predicted octanol–water partition coefficient (Wildman–Crippen LogP) is 3.44. The Morgan fingerprint density at radius 3 is 2.83 bits per heavy atom. The van der Waals surface area contributed by atoms with Gasteiger partial charge in [-0.1, -0.05) is 12.1 Å². The molecule has 1 aromatic carbocycles. The van der Waals surface area contributed by atoms with Crippen LogP contribution in [0.2, 0.25) is 0 Å². The van der Waals surface area contributed by atoms with Crippen molar-refractivity contribution in [1.29, 1.82) is 0 Å². The van der Waals surface area contributed by atoms with Gasteiger partial charge >= 0.3 is 0 Å². The van der Waals surface area contributed by atoms with Crippen LogP contribution in [0, 0.1) is 0 Å². The molecule has 1 atom stereocenters. The molecular formula is C19H27NO3. The molecule has 0 fully saturated rings. The summed E-state index contributed by atoms with van der Waals surface area (Å²) >= 11 is 0. The Morgan fingerprint density at radius 2 is 2.04 bits per heavy atom. The quantitative estimate of drug-likeness (QED) is 0.887. The molecule has 1 aliphatic rings. The van der Waals surface area contributed by atoms with Crippen LogP contribution in [-0.2, 0) is 12.8 Å². The molecule has 0 amide bonds. The first-order valence-electron chi connectivity index (χ1n) is 8.53. The van der Waals surface area contributed by atoms with E-state index in [1.54, 1.807) is 0 Å². The molecule has 3 rings (SSSR count). The second kappa shape index (κ2) is 6.54. The van der Waals surface area contributed by atoms with E-state index in [4.69, 9.17) is 9.15 Å². The van der Waals surface area contributed by atoms with E-state index < -0.39 is 6.10 Å². The van der Waals surface area contributed by atoms with Crippen molar-refractivity contribution < 1.29 is 14.3 Å². The van der Waals surface area contributed by atoms with Crippen LogP contribution in [0.3, 0.4) is 0 Å². The lowest BCUT2D eigenvalue weighted by atomic mass is 9.96. The van der Waals surface area contributed by atoms with E-state index in [9.17, 15) is 5.11 Å². The first-order valence-corrected chi connectivity index (χ1v) is 8.53. The van der Waals surface area contributed by atoms with E-state index in [1.165, 1.54) is 23.8 Å². The summed E-state index contributed by atoms with van der Waals surface area (Å²) < 4.78 is 11.9. The standard InChI is InChI=1S/C19H27NO3/c1-19(2,3)20-11-13(21)12-22-17-10-6-8-15-14-7-4-5-9-16(14)23-18(15)17/h6,8,10,13,20-21H,4-5,7,9,11-12H2,1-3H3. The monoisotopic (exact) mass is 317 g/mol. The Morgan fingerprint density at radius 1 is 1.26 bits per heavy atom. The van der Waals surface area contributed by atoms with Gasteiger partial charge in [0.05, 0.1) is 0 Å². The van der Waals surface area contributed by atoms with Gasteiger partial charge in [-0.15, -0.1) is 0 Å². The number of aryl methyl sites for hydroxylation is 2. The molecule has 1 unspecified atom stereocenters. The molecule has 126 valence electrons. The number of ether oxygens (including phenoxy) is 1. The summed E-state index contributed by atoms with van der Waals surface area (Å²) in [5, 5.41) is 14.5. The highest BCUT2D eigenvalue weighted by molar-refractivity contribution is 5.87. The van der Waals surface area contributed by atoms with Crippen LogP contribution < -0.4 is 10.1 Å². The molecule has 4 heteroatoms. The molecule has 2 aromatic rings. The van der Waals surface area contributed by atoms with Gasteiger partial charge in [-0.05, 0) is 46.1 Å². The minimum atomic E-state index is -0.547. The van der Waals surface area contributed by atoms with Gasteiger partial charge in [-0.3, -0.25) is 0 Å². The van der Waals surface area contributed by atoms with Crippen molar-refractivity contribution in [2.24, 2.45) is 0 Å². The highest BCUT2D eigenvalue weighted by Crippen LogP contribution is 2.36. The van der Waals surface area contributed by atoms with Crippen molar-refractivity contribution in [3.63, 3.8) is 0 Å². The minimum absolute atomic E-state index is 0.0128. The minimum Gasteiger partial charge on any atom is -0.487 e. The Balaban J connectivity index is 1.70. The third-order valence-corrected chi connectivity index (χ3v) is 4.25. The highest BCUT2D eigenvalue weighted by Gasteiger charge is 2.20. The number of fused-ring (bicyclic) bond motifs is 3. The summed E-state index contributed by atoms with van der Waals surface area (Å²) in [6, 6.07) is 6.02. The molecule has 0 saturated carbocycles. The fourth-order valence-electron chi connectivity index (χ4n) is 3.04. The second-order valence-corrected chi connectivity index (χ2v) is 7.44. The number of β-amino-alcohol motifs (C(OH)–C–C–N with tert-alkyl or cyclic N) is 1. The number of nitrogens with one attached hydrogen (secondary N) is 1. The average Bonchev–Trinajstić information content (AvgIpc) is 2.89. The van der Waals surface area contributed by atoms with Crippen molar-refractivity contribution in [3.05, 3.63) is 29.5 Å². The molecule has 2 N–H and O–H groups in total. The van der Waals surface area contributed by atoms with Gasteiger partial charge in [-0.25, -0.2) is 0 Å². The Hall–Kier alpha value is -1.52. The van der Waals surface area contributed by atoms with Crippen LogP contribution in [0.5, 0.6) is 5.75 Å². The van der Waals surface area contributed by atoms with Crippen molar-refractivity contribution in [2.75, 3.05) is 13.2 Å². The van der Waals surface area contributed by atoms with Crippen molar-refractivity contribution >= 4 is 11.0 Å². The Bertz CT molecular complexity index is 669. The fourth-order valence-corrected chi connectivity index (χ4v) is 3.04. The summed E-state index contributed by atoms with van der Waals surface area (Å²) in [5.74, 6) is 1.84. The van der Waals surface area contributed by atoms with Crippen LogP contribution in [0.1, 0.15) is 44.9 Å². The lowest BCUT2D eigenvalue weighted by Crippen LogP contribution is -2.42. The molecular weight excluding hydrogens is 290 g/mol. The van der Waals surface area contributed by atoms with E-state index in [2.05, 4.69) is 32.2 Å². The largest absolute Gasteiger partial charge is 0.487 e. The molecule has 1 aromatic heterocycles. The smallest absolute Gasteiger partial charge is 0.176 e. The first-order chi connectivity index (χ1) is 10.9. The topological polar surface area (TPSA) is 54.6 Å². The van der Waals surface area contributed by atoms with E-state index in [1.807, 2.05) is 12.1 Å². The SMILES string of the molecule is CC(C)(C)NCC(O)COc1cccc2c3c(oc12)CCCC3. The third-order valence-electron chi connectivity index (χ3n) is 4.25. The zero-order valence-corrected chi connectivity index (χ0v) is 14.3. The summed E-state index contributed by atoms with van der Waals surface area (Å²) in [5.41, 5.74) is 2.16. The van der Waals surface area contributed by atoms with Gasteiger partial charge in [0, 0.05) is 29.5 Å². The van der Waals surface area contributed by atoms with E-state index in [0.29, 0.717) is 6.54 Å². The van der Waals surface area contributed by atoms with Gasteiger partial charge in [0.15, 0.2) is 11.3 Å². The normalized spacial score (nSPS) is 16.3. The molecule has 0 bridgehead atoms. The molecule has 4 nitrogen and oxygen atoms in total. The maximum absolute atomic E-state index is 10.1.